The summed E-state index contributed by atoms with van der Waals surface area (Å²) in [7, 11) is -3.20. The first-order valence-corrected chi connectivity index (χ1v) is 9.00. The monoisotopic (exact) mass is 290 g/mol. The van der Waals surface area contributed by atoms with Gasteiger partial charge in [-0.2, -0.15) is 0 Å². The van der Waals surface area contributed by atoms with Gasteiger partial charge < -0.3 is 5.32 Å². The second kappa shape index (κ2) is 7.04. The van der Waals surface area contributed by atoms with Crippen molar-refractivity contribution >= 4 is 10.0 Å². The molecule has 0 saturated heterocycles. The minimum absolute atomic E-state index is 0.368. The van der Waals surface area contributed by atoms with E-state index in [0.717, 1.165) is 0 Å². The highest BCUT2D eigenvalue weighted by atomic mass is 32.2. The Balaban J connectivity index is 2.43. The minimum atomic E-state index is -3.20. The summed E-state index contributed by atoms with van der Waals surface area (Å²) in [6.45, 7) is 11.5. The predicted molar refractivity (Wildman–Crippen MR) is 80.6 cm³/mol. The van der Waals surface area contributed by atoms with Crippen LogP contribution in [0.15, 0.2) is 0 Å². The van der Waals surface area contributed by atoms with Crippen LogP contribution in [0.5, 0.6) is 0 Å². The van der Waals surface area contributed by atoms with Crippen molar-refractivity contribution in [2.24, 2.45) is 17.8 Å². The normalized spacial score (nSPS) is 18.5. The first-order valence-electron chi connectivity index (χ1n) is 7.46. The third-order valence-corrected chi connectivity index (χ3v) is 5.83. The van der Waals surface area contributed by atoms with Gasteiger partial charge in [-0.3, -0.25) is 0 Å². The van der Waals surface area contributed by atoms with Crippen LogP contribution >= 0.6 is 0 Å². The number of hydrogen-bond acceptors (Lipinski definition) is 3. The van der Waals surface area contributed by atoms with Crippen molar-refractivity contribution in [3.63, 3.8) is 0 Å². The topological polar surface area (TPSA) is 58.2 Å². The maximum Gasteiger partial charge on any atom is 0.215 e. The van der Waals surface area contributed by atoms with Crippen molar-refractivity contribution in [1.29, 1.82) is 0 Å². The largest absolute Gasteiger partial charge is 0.313 e. The highest BCUT2D eigenvalue weighted by Gasteiger charge is 2.27. The third-order valence-electron chi connectivity index (χ3n) is 4.03. The molecule has 1 saturated carbocycles. The summed E-state index contributed by atoms with van der Waals surface area (Å²) >= 11 is 0. The maximum atomic E-state index is 12.2. The standard InChI is InChI=1S/C14H30N2O2S/c1-10(2)14(11(3)4)9-16-19(17,18)12(5)8-15-13-6-7-13/h10-16H,6-9H2,1-5H3. The molecule has 0 aromatic rings. The molecule has 0 aromatic carbocycles. The number of hydrogen-bond donors (Lipinski definition) is 2. The number of sulfonamides is 1. The van der Waals surface area contributed by atoms with Gasteiger partial charge in [0.2, 0.25) is 10.0 Å². The van der Waals surface area contributed by atoms with Crippen LogP contribution in [-0.2, 0) is 10.0 Å². The summed E-state index contributed by atoms with van der Waals surface area (Å²) in [4.78, 5) is 0. The van der Waals surface area contributed by atoms with Crippen molar-refractivity contribution in [2.75, 3.05) is 13.1 Å². The molecule has 1 fully saturated rings. The van der Waals surface area contributed by atoms with Gasteiger partial charge in [-0.05, 0) is 37.5 Å². The molecule has 1 aliphatic rings. The molecule has 19 heavy (non-hydrogen) atoms. The number of nitrogens with one attached hydrogen (secondary N) is 2. The van der Waals surface area contributed by atoms with E-state index in [-0.39, 0.29) is 5.25 Å². The van der Waals surface area contributed by atoms with Gasteiger partial charge in [-0.25, -0.2) is 13.1 Å². The Bertz CT molecular complexity index is 354. The highest BCUT2D eigenvalue weighted by Crippen LogP contribution is 2.20. The molecule has 0 aromatic heterocycles. The summed E-state index contributed by atoms with van der Waals surface area (Å²) < 4.78 is 27.1. The lowest BCUT2D eigenvalue weighted by Gasteiger charge is -2.26. The van der Waals surface area contributed by atoms with Crippen molar-refractivity contribution < 1.29 is 8.42 Å². The van der Waals surface area contributed by atoms with Gasteiger partial charge in [-0.15, -0.1) is 0 Å². The number of rotatable bonds is 9. The fourth-order valence-corrected chi connectivity index (χ4v) is 3.35. The van der Waals surface area contributed by atoms with Crippen LogP contribution in [0.25, 0.3) is 0 Å². The van der Waals surface area contributed by atoms with Crippen LogP contribution in [0, 0.1) is 17.8 Å². The SMILES string of the molecule is CC(C)C(CNS(=O)(=O)C(C)CNC1CC1)C(C)C. The zero-order valence-corrected chi connectivity index (χ0v) is 13.8. The molecule has 0 heterocycles. The average molecular weight is 290 g/mol. The molecule has 0 radical (unpaired) electrons. The quantitative estimate of drug-likeness (QED) is 0.682. The van der Waals surface area contributed by atoms with Crippen LogP contribution in [0.3, 0.4) is 0 Å². The minimum Gasteiger partial charge on any atom is -0.313 e. The Morgan fingerprint density at radius 1 is 1.00 bits per heavy atom. The fourth-order valence-electron chi connectivity index (χ4n) is 2.33. The van der Waals surface area contributed by atoms with Crippen molar-refractivity contribution in [3.05, 3.63) is 0 Å². The predicted octanol–water partition coefficient (Wildman–Crippen LogP) is 1.97. The zero-order valence-electron chi connectivity index (χ0n) is 12.9. The molecule has 5 heteroatoms. The summed E-state index contributed by atoms with van der Waals surface area (Å²) in [6.07, 6.45) is 2.37. The van der Waals surface area contributed by atoms with E-state index in [1.165, 1.54) is 12.8 Å². The van der Waals surface area contributed by atoms with Gasteiger partial charge in [0, 0.05) is 19.1 Å². The van der Waals surface area contributed by atoms with E-state index in [1.807, 2.05) is 0 Å². The molecule has 0 aliphatic heterocycles. The second-order valence-corrected chi connectivity index (χ2v) is 8.72. The summed E-state index contributed by atoms with van der Waals surface area (Å²) in [5, 5.41) is 2.91. The van der Waals surface area contributed by atoms with E-state index in [4.69, 9.17) is 0 Å². The average Bonchev–Trinajstić information content (AvgIpc) is 3.08. The second-order valence-electron chi connectivity index (χ2n) is 6.54. The van der Waals surface area contributed by atoms with Gasteiger partial charge >= 0.3 is 0 Å². The summed E-state index contributed by atoms with van der Waals surface area (Å²) in [6, 6.07) is 0.553. The van der Waals surface area contributed by atoms with Gasteiger partial charge in [0.1, 0.15) is 0 Å². The van der Waals surface area contributed by atoms with Crippen LogP contribution in [-0.4, -0.2) is 32.8 Å². The lowest BCUT2D eigenvalue weighted by Crippen LogP contribution is -2.42. The molecule has 1 unspecified atom stereocenters. The van der Waals surface area contributed by atoms with Crippen molar-refractivity contribution in [3.8, 4) is 0 Å². The van der Waals surface area contributed by atoms with Crippen molar-refractivity contribution in [2.45, 2.75) is 58.8 Å². The maximum absolute atomic E-state index is 12.2. The molecule has 1 atom stereocenters. The Hall–Kier alpha value is -0.130. The molecule has 0 amide bonds. The lowest BCUT2D eigenvalue weighted by molar-refractivity contribution is 0.289. The van der Waals surface area contributed by atoms with Crippen LogP contribution in [0.1, 0.15) is 47.5 Å². The highest BCUT2D eigenvalue weighted by molar-refractivity contribution is 7.90. The van der Waals surface area contributed by atoms with Crippen LogP contribution in [0.4, 0.5) is 0 Å². The van der Waals surface area contributed by atoms with Crippen molar-refractivity contribution in [1.82, 2.24) is 10.0 Å². The zero-order chi connectivity index (χ0) is 14.6. The summed E-state index contributed by atoms with van der Waals surface area (Å²) in [5.41, 5.74) is 0. The Kier molecular flexibility index (Phi) is 6.27. The molecule has 4 nitrogen and oxygen atoms in total. The van der Waals surface area contributed by atoms with E-state index in [2.05, 4.69) is 37.7 Å². The van der Waals surface area contributed by atoms with Gasteiger partial charge in [0.05, 0.1) is 5.25 Å². The van der Waals surface area contributed by atoms with E-state index in [0.29, 0.717) is 36.9 Å². The molecule has 2 N–H and O–H groups in total. The Morgan fingerprint density at radius 3 is 1.95 bits per heavy atom. The molecule has 114 valence electrons. The summed E-state index contributed by atoms with van der Waals surface area (Å²) in [5.74, 6) is 1.36. The van der Waals surface area contributed by atoms with Crippen LogP contribution < -0.4 is 10.0 Å². The van der Waals surface area contributed by atoms with Gasteiger partial charge in [0.15, 0.2) is 0 Å². The van der Waals surface area contributed by atoms with E-state index < -0.39 is 10.0 Å². The molecular formula is C14H30N2O2S. The first-order chi connectivity index (χ1) is 8.74. The Morgan fingerprint density at radius 2 is 1.53 bits per heavy atom. The van der Waals surface area contributed by atoms with E-state index in [9.17, 15) is 8.42 Å². The molecule has 0 spiro atoms. The van der Waals surface area contributed by atoms with Gasteiger partial charge in [-0.1, -0.05) is 27.7 Å². The Labute approximate surface area is 118 Å². The van der Waals surface area contributed by atoms with E-state index >= 15 is 0 Å². The first kappa shape index (κ1) is 16.9. The van der Waals surface area contributed by atoms with E-state index in [1.54, 1.807) is 6.92 Å². The van der Waals surface area contributed by atoms with Gasteiger partial charge in [0.25, 0.3) is 0 Å². The molecule has 1 aliphatic carbocycles. The molecule has 1 rings (SSSR count). The van der Waals surface area contributed by atoms with Crippen LogP contribution in [0.2, 0.25) is 0 Å². The molecule has 0 bridgehead atoms. The fraction of sp³-hybridized carbons (Fsp3) is 1.00. The smallest absolute Gasteiger partial charge is 0.215 e. The lowest BCUT2D eigenvalue weighted by atomic mass is 9.86. The third kappa shape index (κ3) is 5.79. The molecular weight excluding hydrogens is 260 g/mol.